The molecule has 94 valence electrons. The highest BCUT2D eigenvalue weighted by Crippen LogP contribution is 2.06. The summed E-state index contributed by atoms with van der Waals surface area (Å²) in [7, 11) is 3.83. The van der Waals surface area contributed by atoms with Crippen LogP contribution in [0.1, 0.15) is 12.8 Å². The molecule has 0 spiro atoms. The number of hydrogen-bond acceptors (Lipinski definition) is 4. The topological polar surface area (TPSA) is 55.8 Å². The molecule has 1 unspecified atom stereocenters. The number of rotatable bonds is 6. The second kappa shape index (κ2) is 6.83. The van der Waals surface area contributed by atoms with Crippen molar-refractivity contribution < 1.29 is 9.90 Å². The van der Waals surface area contributed by atoms with Gasteiger partial charge in [0.25, 0.3) is 0 Å². The van der Waals surface area contributed by atoms with Crippen molar-refractivity contribution in [1.82, 2.24) is 15.1 Å². The van der Waals surface area contributed by atoms with Crippen molar-refractivity contribution in [2.24, 2.45) is 0 Å². The number of nitrogens with one attached hydrogen (secondary N) is 1. The Morgan fingerprint density at radius 3 is 2.62 bits per heavy atom. The van der Waals surface area contributed by atoms with Gasteiger partial charge in [0, 0.05) is 26.2 Å². The molecule has 0 aromatic rings. The number of amides is 1. The minimum Gasteiger partial charge on any atom is -0.390 e. The van der Waals surface area contributed by atoms with Gasteiger partial charge in [0.2, 0.25) is 5.91 Å². The minimum atomic E-state index is -0.415. The number of likely N-dealkylation sites (N-methyl/N-ethyl adjacent to an activating group) is 1. The minimum absolute atomic E-state index is 0.148. The van der Waals surface area contributed by atoms with E-state index in [0.29, 0.717) is 19.6 Å². The summed E-state index contributed by atoms with van der Waals surface area (Å²) in [5, 5.41) is 12.6. The van der Waals surface area contributed by atoms with E-state index >= 15 is 0 Å². The van der Waals surface area contributed by atoms with Gasteiger partial charge in [-0.25, -0.2) is 0 Å². The summed E-state index contributed by atoms with van der Waals surface area (Å²) >= 11 is 0. The van der Waals surface area contributed by atoms with Crippen LogP contribution >= 0.6 is 0 Å². The third-order valence-electron chi connectivity index (χ3n) is 2.69. The first-order valence-corrected chi connectivity index (χ1v) is 5.91. The fourth-order valence-electron chi connectivity index (χ4n) is 1.91. The number of aliphatic hydroxyl groups excluding tert-OH is 1. The number of nitrogens with zero attached hydrogens (tertiary/aromatic N) is 2. The quantitative estimate of drug-likeness (QED) is 0.621. The first-order valence-electron chi connectivity index (χ1n) is 5.91. The monoisotopic (exact) mass is 229 g/mol. The molecule has 16 heavy (non-hydrogen) atoms. The van der Waals surface area contributed by atoms with E-state index in [2.05, 4.69) is 5.32 Å². The highest BCUT2D eigenvalue weighted by atomic mass is 16.3. The molecule has 1 saturated heterocycles. The van der Waals surface area contributed by atoms with Gasteiger partial charge in [-0.2, -0.15) is 0 Å². The van der Waals surface area contributed by atoms with Crippen LogP contribution in [0.25, 0.3) is 0 Å². The molecule has 1 aliphatic heterocycles. The molecule has 1 rings (SSSR count). The highest BCUT2D eigenvalue weighted by molar-refractivity contribution is 5.78. The first kappa shape index (κ1) is 13.4. The Morgan fingerprint density at radius 1 is 1.44 bits per heavy atom. The molecule has 0 aliphatic carbocycles. The summed E-state index contributed by atoms with van der Waals surface area (Å²) < 4.78 is 0. The molecule has 0 aromatic carbocycles. The molecule has 1 aliphatic rings. The number of aliphatic hydroxyl groups is 1. The van der Waals surface area contributed by atoms with Crippen molar-refractivity contribution in [3.05, 3.63) is 0 Å². The predicted octanol–water partition coefficient (Wildman–Crippen LogP) is -0.879. The van der Waals surface area contributed by atoms with Crippen molar-refractivity contribution in [2.75, 3.05) is 46.8 Å². The second-order valence-electron chi connectivity index (χ2n) is 4.63. The van der Waals surface area contributed by atoms with E-state index < -0.39 is 6.10 Å². The fourth-order valence-corrected chi connectivity index (χ4v) is 1.91. The van der Waals surface area contributed by atoms with Crippen molar-refractivity contribution in [1.29, 1.82) is 0 Å². The average Bonchev–Trinajstić information content (AvgIpc) is 2.68. The van der Waals surface area contributed by atoms with Crippen LogP contribution in [0.15, 0.2) is 0 Å². The summed E-state index contributed by atoms with van der Waals surface area (Å²) in [5.74, 6) is 0.148. The molecule has 1 atom stereocenters. The zero-order chi connectivity index (χ0) is 12.0. The van der Waals surface area contributed by atoms with Crippen LogP contribution in [-0.4, -0.2) is 73.7 Å². The van der Waals surface area contributed by atoms with Gasteiger partial charge in [-0.3, -0.25) is 4.79 Å². The van der Waals surface area contributed by atoms with Crippen molar-refractivity contribution >= 4 is 5.91 Å². The second-order valence-corrected chi connectivity index (χ2v) is 4.63. The Balaban J connectivity index is 2.07. The lowest BCUT2D eigenvalue weighted by molar-refractivity contribution is -0.129. The van der Waals surface area contributed by atoms with Crippen LogP contribution in [0.3, 0.4) is 0 Å². The standard InChI is InChI=1S/C11H23N3O2/c1-13(2)9-10(15)7-12-8-11(16)14-5-3-4-6-14/h10,12,15H,3-9H2,1-2H3. The molecule has 1 fully saturated rings. The van der Waals surface area contributed by atoms with Crippen LogP contribution in [-0.2, 0) is 4.79 Å². The van der Waals surface area contributed by atoms with Crippen molar-refractivity contribution in [3.63, 3.8) is 0 Å². The number of hydrogen-bond donors (Lipinski definition) is 2. The van der Waals surface area contributed by atoms with Crippen LogP contribution in [0.4, 0.5) is 0 Å². The van der Waals surface area contributed by atoms with Gasteiger partial charge in [0.05, 0.1) is 12.6 Å². The lowest BCUT2D eigenvalue weighted by Gasteiger charge is -2.18. The normalized spacial score (nSPS) is 18.1. The maximum Gasteiger partial charge on any atom is 0.236 e. The van der Waals surface area contributed by atoms with Crippen LogP contribution in [0, 0.1) is 0 Å². The maximum absolute atomic E-state index is 11.6. The van der Waals surface area contributed by atoms with Gasteiger partial charge in [0.1, 0.15) is 0 Å². The van der Waals surface area contributed by atoms with Gasteiger partial charge >= 0.3 is 0 Å². The summed E-state index contributed by atoms with van der Waals surface area (Å²) in [5.41, 5.74) is 0. The molecule has 2 N–H and O–H groups in total. The number of carbonyl (C=O) groups is 1. The van der Waals surface area contributed by atoms with E-state index in [1.807, 2.05) is 23.9 Å². The van der Waals surface area contributed by atoms with Crippen LogP contribution in [0.2, 0.25) is 0 Å². The lowest BCUT2D eigenvalue weighted by atomic mass is 10.3. The zero-order valence-corrected chi connectivity index (χ0v) is 10.3. The van der Waals surface area contributed by atoms with E-state index in [9.17, 15) is 9.90 Å². The molecule has 0 aromatic heterocycles. The Morgan fingerprint density at radius 2 is 2.06 bits per heavy atom. The largest absolute Gasteiger partial charge is 0.390 e. The Hall–Kier alpha value is -0.650. The summed E-state index contributed by atoms with van der Waals surface area (Å²) in [6, 6.07) is 0. The van der Waals surface area contributed by atoms with E-state index in [0.717, 1.165) is 25.9 Å². The van der Waals surface area contributed by atoms with Crippen LogP contribution in [0.5, 0.6) is 0 Å². The molecular weight excluding hydrogens is 206 g/mol. The summed E-state index contributed by atoms with van der Waals surface area (Å²) in [4.78, 5) is 15.4. The maximum atomic E-state index is 11.6. The molecule has 0 bridgehead atoms. The number of carbonyl (C=O) groups excluding carboxylic acids is 1. The number of likely N-dealkylation sites (tertiary alicyclic amines) is 1. The van der Waals surface area contributed by atoms with E-state index in [4.69, 9.17) is 0 Å². The average molecular weight is 229 g/mol. The zero-order valence-electron chi connectivity index (χ0n) is 10.3. The molecular formula is C11H23N3O2. The summed E-state index contributed by atoms with van der Waals surface area (Å²) in [6.07, 6.45) is 1.82. The predicted molar refractivity (Wildman–Crippen MR) is 63.2 cm³/mol. The van der Waals surface area contributed by atoms with Gasteiger partial charge in [-0.15, -0.1) is 0 Å². The van der Waals surface area contributed by atoms with Gasteiger partial charge in [0.15, 0.2) is 0 Å². The molecule has 0 saturated carbocycles. The van der Waals surface area contributed by atoms with Gasteiger partial charge in [-0.05, 0) is 26.9 Å². The molecule has 5 nitrogen and oxygen atoms in total. The highest BCUT2D eigenvalue weighted by Gasteiger charge is 2.17. The van der Waals surface area contributed by atoms with Crippen molar-refractivity contribution in [2.45, 2.75) is 18.9 Å². The van der Waals surface area contributed by atoms with E-state index in [1.165, 1.54) is 0 Å². The van der Waals surface area contributed by atoms with E-state index in [-0.39, 0.29) is 5.91 Å². The lowest BCUT2D eigenvalue weighted by Crippen LogP contribution is -2.41. The Kier molecular flexibility index (Phi) is 5.73. The van der Waals surface area contributed by atoms with Gasteiger partial charge < -0.3 is 20.2 Å². The van der Waals surface area contributed by atoms with Crippen LogP contribution < -0.4 is 5.32 Å². The molecule has 1 heterocycles. The molecule has 5 heteroatoms. The fraction of sp³-hybridized carbons (Fsp3) is 0.909. The van der Waals surface area contributed by atoms with Crippen molar-refractivity contribution in [3.8, 4) is 0 Å². The van der Waals surface area contributed by atoms with E-state index in [1.54, 1.807) is 0 Å². The Bertz CT molecular complexity index is 215. The SMILES string of the molecule is CN(C)CC(O)CNCC(=O)N1CCCC1. The van der Waals surface area contributed by atoms with Gasteiger partial charge in [-0.1, -0.05) is 0 Å². The smallest absolute Gasteiger partial charge is 0.236 e. The first-order chi connectivity index (χ1) is 7.59. The third kappa shape index (κ3) is 4.92. The summed E-state index contributed by atoms with van der Waals surface area (Å²) in [6.45, 7) is 3.20. The Labute approximate surface area is 97.4 Å². The molecule has 1 amide bonds. The third-order valence-corrected chi connectivity index (χ3v) is 2.69. The molecule has 0 radical (unpaired) electrons.